The van der Waals surface area contributed by atoms with Crippen molar-refractivity contribution in [1.29, 1.82) is 0 Å². The number of fused-ring (bicyclic) bond motifs is 3. The van der Waals surface area contributed by atoms with Crippen LogP contribution in [-0.4, -0.2) is 38.6 Å². The number of urea groups is 1. The number of hydrogen-bond donors (Lipinski definition) is 1. The van der Waals surface area contributed by atoms with Gasteiger partial charge in [0.05, 0.1) is 17.3 Å². The predicted molar refractivity (Wildman–Crippen MR) is 142 cm³/mol. The summed E-state index contributed by atoms with van der Waals surface area (Å²) in [6.45, 7) is 3.21. The van der Waals surface area contributed by atoms with E-state index in [1.165, 1.54) is 18.2 Å². The first-order chi connectivity index (χ1) is 19.3. The van der Waals surface area contributed by atoms with E-state index in [9.17, 15) is 18.0 Å². The number of anilines is 2. The summed E-state index contributed by atoms with van der Waals surface area (Å²) in [7, 11) is 0. The number of amides is 2. The molecule has 0 unspecified atom stereocenters. The number of nitrogens with zero attached hydrogens (tertiary/aromatic N) is 5. The van der Waals surface area contributed by atoms with Crippen LogP contribution in [0.3, 0.4) is 0 Å². The number of piperidine rings is 2. The molecule has 4 aromatic rings. The molecule has 2 amide bonds. The second-order valence-corrected chi connectivity index (χ2v) is 11.7. The lowest BCUT2D eigenvalue weighted by Gasteiger charge is -2.31. The molecule has 8 rings (SSSR count). The van der Waals surface area contributed by atoms with E-state index in [1.807, 2.05) is 17.9 Å². The number of aromatic nitrogens is 3. The van der Waals surface area contributed by atoms with Gasteiger partial charge in [-0.05, 0) is 92.0 Å². The van der Waals surface area contributed by atoms with Gasteiger partial charge in [-0.15, -0.1) is 0 Å². The van der Waals surface area contributed by atoms with Gasteiger partial charge in [-0.1, -0.05) is 6.07 Å². The van der Waals surface area contributed by atoms with Gasteiger partial charge in [-0.2, -0.15) is 5.10 Å². The fourth-order valence-electron chi connectivity index (χ4n) is 7.67. The molecule has 2 saturated carbocycles. The van der Waals surface area contributed by atoms with Crippen molar-refractivity contribution in [3.05, 3.63) is 89.0 Å². The lowest BCUT2D eigenvalue weighted by Crippen LogP contribution is -2.41. The summed E-state index contributed by atoms with van der Waals surface area (Å²) in [5.41, 5.74) is 2.02. The highest BCUT2D eigenvalue weighted by Gasteiger charge is 2.65. The van der Waals surface area contributed by atoms with Gasteiger partial charge in [0.2, 0.25) is 0 Å². The van der Waals surface area contributed by atoms with E-state index in [2.05, 4.69) is 15.3 Å². The van der Waals surface area contributed by atoms with Gasteiger partial charge in [0, 0.05) is 24.8 Å². The maximum Gasteiger partial charge on any atom is 0.322 e. The maximum atomic E-state index is 14.9. The minimum absolute atomic E-state index is 0.232. The molecule has 2 aliphatic carbocycles. The molecule has 40 heavy (non-hydrogen) atoms. The molecule has 4 fully saturated rings. The Kier molecular flexibility index (Phi) is 4.75. The first-order valence-corrected chi connectivity index (χ1v) is 13.7. The number of benzene rings is 2. The van der Waals surface area contributed by atoms with E-state index in [1.54, 1.807) is 29.0 Å². The monoisotopic (exact) mass is 544 g/mol. The summed E-state index contributed by atoms with van der Waals surface area (Å²) in [5.74, 6) is -0.00647. The first kappa shape index (κ1) is 23.8. The number of carbonyl (C=O) groups is 1. The van der Waals surface area contributed by atoms with Crippen LogP contribution in [0, 0.1) is 36.2 Å². The van der Waals surface area contributed by atoms with Crippen LogP contribution in [0.4, 0.5) is 29.5 Å². The molecule has 7 nitrogen and oxygen atoms in total. The number of nitrogens with one attached hydrogen (secondary N) is 1. The molecule has 204 valence electrons. The second kappa shape index (κ2) is 7.99. The van der Waals surface area contributed by atoms with E-state index >= 15 is 0 Å². The minimum Gasteiger partial charge on any atom is -0.346 e. The lowest BCUT2D eigenvalue weighted by molar-refractivity contribution is 0.192. The van der Waals surface area contributed by atoms with E-state index in [4.69, 9.17) is 4.98 Å². The number of rotatable bonds is 4. The van der Waals surface area contributed by atoms with Crippen molar-refractivity contribution in [2.45, 2.75) is 43.7 Å². The molecule has 0 radical (unpaired) electrons. The van der Waals surface area contributed by atoms with Gasteiger partial charge in [-0.25, -0.2) is 27.5 Å². The Bertz CT molecular complexity index is 1720. The number of aryl methyl sites for hydroxylation is 1. The summed E-state index contributed by atoms with van der Waals surface area (Å²) in [6, 6.07) is 9.96. The Morgan fingerprint density at radius 2 is 1.68 bits per heavy atom. The Labute approximate surface area is 228 Å². The number of hydrogen-bond acceptors (Lipinski definition) is 4. The van der Waals surface area contributed by atoms with Crippen LogP contribution in [0.2, 0.25) is 0 Å². The zero-order valence-electron chi connectivity index (χ0n) is 21.9. The molecule has 2 aromatic carbocycles. The topological polar surface area (TPSA) is 65.8 Å². The molecule has 0 bridgehead atoms. The summed E-state index contributed by atoms with van der Waals surface area (Å²) in [6.07, 6.45) is 6.62. The van der Waals surface area contributed by atoms with Crippen LogP contribution in [0.1, 0.15) is 42.4 Å². The van der Waals surface area contributed by atoms with Crippen molar-refractivity contribution < 1.29 is 18.0 Å². The van der Waals surface area contributed by atoms with E-state index in [0.717, 1.165) is 42.9 Å². The highest BCUT2D eigenvalue weighted by molar-refractivity contribution is 5.94. The lowest BCUT2D eigenvalue weighted by atomic mass is 9.97. The number of carbonyl (C=O) groups excluding carboxylic acids is 1. The van der Waals surface area contributed by atoms with Crippen LogP contribution in [0.15, 0.2) is 54.9 Å². The predicted octanol–water partition coefficient (Wildman–Crippen LogP) is 5.73. The van der Waals surface area contributed by atoms with E-state index < -0.39 is 22.7 Å². The Morgan fingerprint density at radius 3 is 2.48 bits per heavy atom. The molecule has 4 aliphatic rings. The summed E-state index contributed by atoms with van der Waals surface area (Å²) in [4.78, 5) is 22.4. The molecular formula is C30H27F3N6O. The standard InChI is InChI=1S/C30H27F3N6O/c1-17-2-3-20(31)12-22(17)29-14-18(29)7-10-38(29)28(40)35-25-16-34-39-11-8-26(36-27(25)39)37-9-6-19-15-30(19,37)23-13-21(32)4-5-24(23)33/h2-5,8,11-13,16,18-19H,6-7,9-10,14-15H2,1H3,(H,35,40)/t18-,19+,29+,30-/m0/s1. The SMILES string of the molecule is Cc1ccc(F)cc1[C@@]12C[C@@H]1CCN2C(=O)Nc1cnn2ccc(N3CC[C@@H]4C[C@@]43c3cc(F)ccc3F)nc12. The molecule has 10 heteroatoms. The van der Waals surface area contributed by atoms with Crippen molar-refractivity contribution in [2.75, 3.05) is 23.3 Å². The van der Waals surface area contributed by atoms with Gasteiger partial charge in [0.15, 0.2) is 5.65 Å². The quantitative estimate of drug-likeness (QED) is 0.356. The largest absolute Gasteiger partial charge is 0.346 e. The average Bonchev–Trinajstić information content (AvgIpc) is 3.69. The van der Waals surface area contributed by atoms with Gasteiger partial charge in [0.25, 0.3) is 0 Å². The zero-order valence-corrected chi connectivity index (χ0v) is 21.9. The molecule has 2 aromatic heterocycles. The fourth-order valence-corrected chi connectivity index (χ4v) is 7.67. The van der Waals surface area contributed by atoms with Gasteiger partial charge in [-0.3, -0.25) is 0 Å². The smallest absolute Gasteiger partial charge is 0.322 e. The summed E-state index contributed by atoms with van der Waals surface area (Å²) >= 11 is 0. The van der Waals surface area contributed by atoms with Crippen LogP contribution >= 0.6 is 0 Å². The third kappa shape index (κ3) is 3.16. The summed E-state index contributed by atoms with van der Waals surface area (Å²) in [5, 5.41) is 7.38. The van der Waals surface area contributed by atoms with Crippen LogP contribution in [0.25, 0.3) is 5.65 Å². The zero-order chi connectivity index (χ0) is 27.4. The van der Waals surface area contributed by atoms with E-state index in [0.29, 0.717) is 41.7 Å². The van der Waals surface area contributed by atoms with Gasteiger partial charge < -0.3 is 15.1 Å². The van der Waals surface area contributed by atoms with Crippen LogP contribution < -0.4 is 10.2 Å². The number of halogens is 3. The van der Waals surface area contributed by atoms with Crippen molar-refractivity contribution >= 4 is 23.2 Å². The van der Waals surface area contributed by atoms with Gasteiger partial charge >= 0.3 is 6.03 Å². The molecule has 2 saturated heterocycles. The molecule has 0 spiro atoms. The Balaban J connectivity index is 1.11. The highest BCUT2D eigenvalue weighted by Crippen LogP contribution is 2.64. The molecule has 4 atom stereocenters. The maximum absolute atomic E-state index is 14.9. The third-order valence-corrected chi connectivity index (χ3v) is 9.69. The van der Waals surface area contributed by atoms with Gasteiger partial charge in [0.1, 0.15) is 29.0 Å². The highest BCUT2D eigenvalue weighted by atomic mass is 19.1. The van der Waals surface area contributed by atoms with E-state index in [-0.39, 0.29) is 17.8 Å². The van der Waals surface area contributed by atoms with Crippen LogP contribution in [0.5, 0.6) is 0 Å². The Hall–Kier alpha value is -4.08. The number of likely N-dealkylation sites (tertiary alicyclic amines) is 1. The normalized spacial score (nSPS) is 28.1. The second-order valence-electron chi connectivity index (χ2n) is 11.7. The first-order valence-electron chi connectivity index (χ1n) is 13.7. The fraction of sp³-hybridized carbons (Fsp3) is 0.367. The minimum atomic E-state index is -0.618. The molecule has 4 heterocycles. The average molecular weight is 545 g/mol. The van der Waals surface area contributed by atoms with Crippen molar-refractivity contribution in [3.63, 3.8) is 0 Å². The molecule has 1 N–H and O–H groups in total. The Morgan fingerprint density at radius 1 is 0.950 bits per heavy atom. The summed E-state index contributed by atoms with van der Waals surface area (Å²) < 4.78 is 44.8. The van der Waals surface area contributed by atoms with Crippen LogP contribution in [-0.2, 0) is 11.1 Å². The van der Waals surface area contributed by atoms with Crippen molar-refractivity contribution in [2.24, 2.45) is 11.8 Å². The molecular weight excluding hydrogens is 517 g/mol. The molecule has 2 aliphatic heterocycles. The van der Waals surface area contributed by atoms with Crippen molar-refractivity contribution in [3.8, 4) is 0 Å². The third-order valence-electron chi connectivity index (χ3n) is 9.69. The van der Waals surface area contributed by atoms with Crippen molar-refractivity contribution in [1.82, 2.24) is 19.5 Å².